The standard InChI is InChI=1S/C16H16F3N3OS/c1-9-3-2-6-15(13(9)23,14(20)24)10-4-5-12-21-11(16(17,18)19)8-22(12)7-10/h4-5,7-9H,2-3,6H2,1H3,(H2,20,24)/t9?,15-/m1/s1. The highest BCUT2D eigenvalue weighted by molar-refractivity contribution is 7.80. The summed E-state index contributed by atoms with van der Waals surface area (Å²) in [6.07, 6.45) is -0.135. The van der Waals surface area contributed by atoms with E-state index in [0.717, 1.165) is 19.0 Å². The van der Waals surface area contributed by atoms with E-state index < -0.39 is 17.3 Å². The van der Waals surface area contributed by atoms with Gasteiger partial charge in [-0.1, -0.05) is 31.6 Å². The highest BCUT2D eigenvalue weighted by Gasteiger charge is 2.47. The second kappa shape index (κ2) is 5.54. The van der Waals surface area contributed by atoms with Gasteiger partial charge >= 0.3 is 6.18 Å². The van der Waals surface area contributed by atoms with Gasteiger partial charge in [0.15, 0.2) is 11.5 Å². The molecule has 2 aromatic heterocycles. The summed E-state index contributed by atoms with van der Waals surface area (Å²) in [5.74, 6) is -0.263. The number of imidazole rings is 1. The van der Waals surface area contributed by atoms with Gasteiger partial charge in [0.1, 0.15) is 11.1 Å². The Bertz CT molecular complexity index is 830. The number of hydrogen-bond acceptors (Lipinski definition) is 3. The number of aromatic nitrogens is 2. The SMILES string of the molecule is CC1CCC[C@@](C(N)=S)(c2ccc3nc(C(F)(F)F)cn3c2)C1=O. The van der Waals surface area contributed by atoms with Crippen molar-refractivity contribution < 1.29 is 18.0 Å². The smallest absolute Gasteiger partial charge is 0.392 e. The quantitative estimate of drug-likeness (QED) is 0.840. The van der Waals surface area contributed by atoms with Crippen LogP contribution < -0.4 is 5.73 Å². The fraction of sp³-hybridized carbons (Fsp3) is 0.438. The van der Waals surface area contributed by atoms with E-state index in [1.807, 2.05) is 6.92 Å². The number of hydrogen-bond donors (Lipinski definition) is 1. The van der Waals surface area contributed by atoms with Crippen LogP contribution >= 0.6 is 12.2 Å². The summed E-state index contributed by atoms with van der Waals surface area (Å²) in [5.41, 5.74) is 4.48. The van der Waals surface area contributed by atoms with Crippen LogP contribution in [0, 0.1) is 5.92 Å². The van der Waals surface area contributed by atoms with Gasteiger partial charge in [0.2, 0.25) is 0 Å². The second-order valence-corrected chi connectivity index (χ2v) is 6.67. The molecule has 8 heteroatoms. The molecule has 0 bridgehead atoms. The van der Waals surface area contributed by atoms with Gasteiger partial charge in [-0.25, -0.2) is 4.98 Å². The lowest BCUT2D eigenvalue weighted by molar-refractivity contribution is -0.140. The fourth-order valence-electron chi connectivity index (χ4n) is 3.40. The molecule has 1 aliphatic carbocycles. The normalized spacial score (nSPS) is 25.2. The molecule has 0 radical (unpaired) electrons. The summed E-state index contributed by atoms with van der Waals surface area (Å²) in [5, 5.41) is 0. The Kier molecular flexibility index (Phi) is 3.90. The molecule has 0 saturated heterocycles. The van der Waals surface area contributed by atoms with E-state index in [-0.39, 0.29) is 22.3 Å². The lowest BCUT2D eigenvalue weighted by Gasteiger charge is -2.38. The van der Waals surface area contributed by atoms with E-state index in [1.54, 1.807) is 6.07 Å². The second-order valence-electron chi connectivity index (χ2n) is 6.23. The van der Waals surface area contributed by atoms with Crippen LogP contribution in [0.3, 0.4) is 0 Å². The lowest BCUT2D eigenvalue weighted by Crippen LogP contribution is -2.51. The summed E-state index contributed by atoms with van der Waals surface area (Å²) >= 11 is 5.18. The molecule has 1 unspecified atom stereocenters. The molecular formula is C16H16F3N3OS. The summed E-state index contributed by atoms with van der Waals surface area (Å²) in [4.78, 5) is 16.4. The van der Waals surface area contributed by atoms with Gasteiger partial charge in [-0.3, -0.25) is 4.79 Å². The first-order valence-electron chi connectivity index (χ1n) is 7.57. The number of fused-ring (bicyclic) bond motifs is 1. The average molecular weight is 355 g/mol. The Morgan fingerprint density at radius 3 is 2.75 bits per heavy atom. The molecule has 1 saturated carbocycles. The van der Waals surface area contributed by atoms with E-state index in [9.17, 15) is 18.0 Å². The first-order valence-corrected chi connectivity index (χ1v) is 7.98. The summed E-state index contributed by atoms with van der Waals surface area (Å²) in [6, 6.07) is 3.05. The van der Waals surface area contributed by atoms with Gasteiger partial charge in [0.05, 0.1) is 4.99 Å². The highest BCUT2D eigenvalue weighted by Crippen LogP contribution is 2.40. The zero-order valence-electron chi connectivity index (χ0n) is 12.9. The first-order chi connectivity index (χ1) is 11.2. The Balaban J connectivity index is 2.16. The number of nitrogens with two attached hydrogens (primary N) is 1. The third-order valence-electron chi connectivity index (χ3n) is 4.71. The Labute approximate surface area is 141 Å². The van der Waals surface area contributed by atoms with Crippen molar-refractivity contribution in [2.45, 2.75) is 37.8 Å². The molecule has 3 rings (SSSR count). The Hall–Kier alpha value is -1.96. The molecular weight excluding hydrogens is 339 g/mol. The molecule has 0 aliphatic heterocycles. The Morgan fingerprint density at radius 1 is 1.42 bits per heavy atom. The van der Waals surface area contributed by atoms with Gasteiger partial charge in [0.25, 0.3) is 0 Å². The maximum atomic E-state index is 12.8. The number of carbonyl (C=O) groups excluding carboxylic acids is 1. The maximum Gasteiger partial charge on any atom is 0.434 e. The maximum absolute atomic E-state index is 12.8. The number of Topliss-reactive ketones (excluding diaryl/α,β-unsaturated/α-hetero) is 1. The number of pyridine rings is 1. The van der Waals surface area contributed by atoms with Crippen LogP contribution in [0.25, 0.3) is 5.65 Å². The molecule has 128 valence electrons. The van der Waals surface area contributed by atoms with Gasteiger partial charge in [-0.15, -0.1) is 0 Å². The van der Waals surface area contributed by atoms with Crippen molar-refractivity contribution in [3.63, 3.8) is 0 Å². The summed E-state index contributed by atoms with van der Waals surface area (Å²) in [7, 11) is 0. The fourth-order valence-corrected chi connectivity index (χ4v) is 3.72. The summed E-state index contributed by atoms with van der Waals surface area (Å²) in [6.45, 7) is 1.83. The zero-order chi connectivity index (χ0) is 17.7. The van der Waals surface area contributed by atoms with E-state index in [0.29, 0.717) is 12.0 Å². The van der Waals surface area contributed by atoms with Crippen molar-refractivity contribution in [2.24, 2.45) is 11.7 Å². The zero-order valence-corrected chi connectivity index (χ0v) is 13.7. The minimum absolute atomic E-state index is 0.0644. The number of alkyl halides is 3. The molecule has 0 aromatic carbocycles. The van der Waals surface area contributed by atoms with Crippen molar-refractivity contribution in [2.75, 3.05) is 0 Å². The molecule has 0 spiro atoms. The van der Waals surface area contributed by atoms with Crippen molar-refractivity contribution in [1.82, 2.24) is 9.38 Å². The summed E-state index contributed by atoms with van der Waals surface area (Å²) < 4.78 is 39.8. The molecule has 2 N–H and O–H groups in total. The topological polar surface area (TPSA) is 60.4 Å². The van der Waals surface area contributed by atoms with E-state index in [1.165, 1.54) is 16.7 Å². The van der Waals surface area contributed by atoms with Crippen molar-refractivity contribution in [1.29, 1.82) is 0 Å². The number of rotatable bonds is 2. The van der Waals surface area contributed by atoms with Crippen LogP contribution in [0.1, 0.15) is 37.4 Å². The van der Waals surface area contributed by atoms with Crippen LogP contribution in [0.4, 0.5) is 13.2 Å². The minimum atomic E-state index is -4.53. The minimum Gasteiger partial charge on any atom is -0.392 e. The molecule has 2 heterocycles. The third kappa shape index (κ3) is 2.49. The van der Waals surface area contributed by atoms with Gasteiger partial charge in [0, 0.05) is 18.3 Å². The molecule has 4 nitrogen and oxygen atoms in total. The largest absolute Gasteiger partial charge is 0.434 e. The van der Waals surface area contributed by atoms with Crippen LogP contribution in [0.5, 0.6) is 0 Å². The number of carbonyl (C=O) groups is 1. The third-order valence-corrected chi connectivity index (χ3v) is 5.06. The number of halogens is 3. The number of ketones is 1. The molecule has 2 aromatic rings. The molecule has 24 heavy (non-hydrogen) atoms. The van der Waals surface area contributed by atoms with Crippen molar-refractivity contribution >= 4 is 28.6 Å². The molecule has 1 aliphatic rings. The lowest BCUT2D eigenvalue weighted by atomic mass is 9.65. The van der Waals surface area contributed by atoms with Crippen molar-refractivity contribution in [3.8, 4) is 0 Å². The van der Waals surface area contributed by atoms with Gasteiger partial charge < -0.3 is 10.1 Å². The van der Waals surface area contributed by atoms with Crippen LogP contribution in [-0.2, 0) is 16.4 Å². The first kappa shape index (κ1) is 16.9. The highest BCUT2D eigenvalue weighted by atomic mass is 32.1. The average Bonchev–Trinajstić information content (AvgIpc) is 2.93. The van der Waals surface area contributed by atoms with Crippen LogP contribution in [-0.4, -0.2) is 20.2 Å². The van der Waals surface area contributed by atoms with Crippen molar-refractivity contribution in [3.05, 3.63) is 35.8 Å². The van der Waals surface area contributed by atoms with E-state index in [2.05, 4.69) is 4.98 Å². The molecule has 2 atom stereocenters. The van der Waals surface area contributed by atoms with Gasteiger partial charge in [-0.2, -0.15) is 13.2 Å². The van der Waals surface area contributed by atoms with Crippen LogP contribution in [0.2, 0.25) is 0 Å². The Morgan fingerprint density at radius 2 is 2.12 bits per heavy atom. The number of nitrogens with zero attached hydrogens (tertiary/aromatic N) is 2. The number of thiocarbonyl (C=S) groups is 1. The van der Waals surface area contributed by atoms with E-state index in [4.69, 9.17) is 18.0 Å². The van der Waals surface area contributed by atoms with Gasteiger partial charge in [-0.05, 0) is 24.5 Å². The van der Waals surface area contributed by atoms with E-state index >= 15 is 0 Å². The monoisotopic (exact) mass is 355 g/mol. The predicted molar refractivity (Wildman–Crippen MR) is 86.7 cm³/mol. The molecule has 1 fully saturated rings. The predicted octanol–water partition coefficient (Wildman–Crippen LogP) is 3.27. The molecule has 0 amide bonds. The van der Waals surface area contributed by atoms with Crippen LogP contribution in [0.15, 0.2) is 24.5 Å².